The Kier molecular flexibility index (Phi) is 3.85. The van der Waals surface area contributed by atoms with Crippen molar-refractivity contribution in [3.05, 3.63) is 29.8 Å². The van der Waals surface area contributed by atoms with Crippen LogP contribution < -0.4 is 5.32 Å². The van der Waals surface area contributed by atoms with Crippen LogP contribution in [0.2, 0.25) is 0 Å². The van der Waals surface area contributed by atoms with Crippen molar-refractivity contribution in [2.45, 2.75) is 19.4 Å². The first-order chi connectivity index (χ1) is 7.88. The molecule has 2 nitrogen and oxygen atoms in total. The number of rotatable bonds is 4. The summed E-state index contributed by atoms with van der Waals surface area (Å²) in [5.41, 5.74) is 2.48. The molecule has 1 aromatic rings. The van der Waals surface area contributed by atoms with Crippen molar-refractivity contribution in [2.75, 3.05) is 25.0 Å². The van der Waals surface area contributed by atoms with Crippen LogP contribution in [0.15, 0.2) is 24.3 Å². The van der Waals surface area contributed by atoms with Crippen LogP contribution in [-0.2, 0) is 6.54 Å². The molecule has 0 saturated carbocycles. The normalized spacial score (nSPS) is 15.9. The highest BCUT2D eigenvalue weighted by molar-refractivity contribution is 5.45. The first-order valence-electron chi connectivity index (χ1n) is 5.87. The number of nitrogens with zero attached hydrogens (tertiary/aromatic N) is 1. The van der Waals surface area contributed by atoms with Gasteiger partial charge in [-0.05, 0) is 43.6 Å². The highest BCUT2D eigenvalue weighted by Crippen LogP contribution is 2.14. The minimum Gasteiger partial charge on any atom is -0.374 e. The Hall–Kier alpha value is -1.46. The molecule has 1 aliphatic heterocycles. The van der Waals surface area contributed by atoms with Crippen molar-refractivity contribution in [1.29, 1.82) is 0 Å². The molecule has 16 heavy (non-hydrogen) atoms. The average Bonchev–Trinajstić information content (AvgIpc) is 2.81. The lowest BCUT2D eigenvalue weighted by molar-refractivity contribution is 0.331. The van der Waals surface area contributed by atoms with E-state index >= 15 is 0 Å². The minimum atomic E-state index is 0.589. The molecule has 0 aromatic heterocycles. The van der Waals surface area contributed by atoms with Crippen molar-refractivity contribution < 1.29 is 0 Å². The average molecular weight is 214 g/mol. The van der Waals surface area contributed by atoms with E-state index in [-0.39, 0.29) is 0 Å². The number of anilines is 1. The SMILES string of the molecule is C#CCNc1ccc(CN2CCCC2)cc1. The van der Waals surface area contributed by atoms with Gasteiger partial charge in [0.2, 0.25) is 0 Å². The third-order valence-corrected chi connectivity index (χ3v) is 2.95. The Balaban J connectivity index is 1.88. The summed E-state index contributed by atoms with van der Waals surface area (Å²) >= 11 is 0. The lowest BCUT2D eigenvalue weighted by atomic mass is 10.2. The lowest BCUT2D eigenvalue weighted by Crippen LogP contribution is -2.18. The van der Waals surface area contributed by atoms with Crippen LogP contribution in [0, 0.1) is 12.3 Å². The number of likely N-dealkylation sites (tertiary alicyclic amines) is 1. The fraction of sp³-hybridized carbons (Fsp3) is 0.429. The van der Waals surface area contributed by atoms with Crippen molar-refractivity contribution in [1.82, 2.24) is 4.90 Å². The molecule has 2 heteroatoms. The summed E-state index contributed by atoms with van der Waals surface area (Å²) in [6.07, 6.45) is 7.89. The zero-order valence-corrected chi connectivity index (χ0v) is 9.58. The number of hydrogen-bond acceptors (Lipinski definition) is 2. The van der Waals surface area contributed by atoms with Gasteiger partial charge in [-0.1, -0.05) is 18.1 Å². The maximum atomic E-state index is 5.20. The number of terminal acetylenes is 1. The molecule has 1 fully saturated rings. The number of benzene rings is 1. The molecule has 1 aliphatic rings. The molecule has 0 bridgehead atoms. The van der Waals surface area contributed by atoms with Gasteiger partial charge in [0.1, 0.15) is 0 Å². The zero-order chi connectivity index (χ0) is 11.2. The number of nitrogens with one attached hydrogen (secondary N) is 1. The summed E-state index contributed by atoms with van der Waals surface area (Å²) in [5.74, 6) is 2.57. The lowest BCUT2D eigenvalue weighted by Gasteiger charge is -2.14. The van der Waals surface area contributed by atoms with E-state index in [2.05, 4.69) is 40.4 Å². The maximum Gasteiger partial charge on any atom is 0.0763 e. The summed E-state index contributed by atoms with van der Waals surface area (Å²) in [5, 5.41) is 3.17. The number of hydrogen-bond donors (Lipinski definition) is 1. The van der Waals surface area contributed by atoms with Crippen LogP contribution in [0.3, 0.4) is 0 Å². The van der Waals surface area contributed by atoms with Crippen LogP contribution in [0.25, 0.3) is 0 Å². The highest BCUT2D eigenvalue weighted by atomic mass is 15.1. The standard InChI is InChI=1S/C14H18N2/c1-2-9-15-14-7-5-13(6-8-14)12-16-10-3-4-11-16/h1,5-8,15H,3-4,9-12H2. The first-order valence-corrected chi connectivity index (χ1v) is 5.87. The second kappa shape index (κ2) is 5.58. The van der Waals surface area contributed by atoms with Gasteiger partial charge < -0.3 is 5.32 Å². The fourth-order valence-corrected chi connectivity index (χ4v) is 2.08. The summed E-state index contributed by atoms with van der Waals surface area (Å²) in [6.45, 7) is 4.16. The molecule has 0 unspecified atom stereocenters. The summed E-state index contributed by atoms with van der Waals surface area (Å²) in [7, 11) is 0. The second-order valence-electron chi connectivity index (χ2n) is 4.24. The Labute approximate surface area is 97.7 Å². The smallest absolute Gasteiger partial charge is 0.0763 e. The Morgan fingerprint density at radius 3 is 2.50 bits per heavy atom. The molecule has 0 amide bonds. The predicted molar refractivity (Wildman–Crippen MR) is 68.3 cm³/mol. The molecule has 0 atom stereocenters. The largest absolute Gasteiger partial charge is 0.374 e. The van der Waals surface area contributed by atoms with Gasteiger partial charge >= 0.3 is 0 Å². The topological polar surface area (TPSA) is 15.3 Å². The van der Waals surface area contributed by atoms with E-state index in [9.17, 15) is 0 Å². The third-order valence-electron chi connectivity index (χ3n) is 2.95. The van der Waals surface area contributed by atoms with Crippen molar-refractivity contribution in [3.8, 4) is 12.3 Å². The van der Waals surface area contributed by atoms with Gasteiger partial charge in [-0.15, -0.1) is 6.42 Å². The maximum absolute atomic E-state index is 5.20. The molecule has 84 valence electrons. The van der Waals surface area contributed by atoms with Gasteiger partial charge in [-0.2, -0.15) is 0 Å². The van der Waals surface area contributed by atoms with Gasteiger partial charge in [0.25, 0.3) is 0 Å². The van der Waals surface area contributed by atoms with E-state index in [0.717, 1.165) is 12.2 Å². The van der Waals surface area contributed by atoms with Crippen LogP contribution in [0.4, 0.5) is 5.69 Å². The van der Waals surface area contributed by atoms with E-state index in [1.807, 2.05) is 0 Å². The van der Waals surface area contributed by atoms with Crippen LogP contribution in [-0.4, -0.2) is 24.5 Å². The summed E-state index contributed by atoms with van der Waals surface area (Å²) in [4.78, 5) is 2.50. The quantitative estimate of drug-likeness (QED) is 0.774. The molecular formula is C14H18N2. The summed E-state index contributed by atoms with van der Waals surface area (Å²) < 4.78 is 0. The van der Waals surface area contributed by atoms with Gasteiger partial charge in [0.05, 0.1) is 6.54 Å². The van der Waals surface area contributed by atoms with Gasteiger partial charge in [0.15, 0.2) is 0 Å². The minimum absolute atomic E-state index is 0.589. The third kappa shape index (κ3) is 3.01. The van der Waals surface area contributed by atoms with E-state index in [1.54, 1.807) is 0 Å². The van der Waals surface area contributed by atoms with E-state index in [1.165, 1.54) is 31.5 Å². The molecule has 1 N–H and O–H groups in total. The Morgan fingerprint density at radius 2 is 1.88 bits per heavy atom. The molecule has 0 spiro atoms. The van der Waals surface area contributed by atoms with Crippen LogP contribution in [0.1, 0.15) is 18.4 Å². The van der Waals surface area contributed by atoms with Gasteiger partial charge in [0, 0.05) is 12.2 Å². The van der Waals surface area contributed by atoms with Gasteiger partial charge in [-0.3, -0.25) is 4.90 Å². The van der Waals surface area contributed by atoms with E-state index < -0.39 is 0 Å². The molecule has 1 saturated heterocycles. The van der Waals surface area contributed by atoms with E-state index in [4.69, 9.17) is 6.42 Å². The van der Waals surface area contributed by atoms with Crippen molar-refractivity contribution >= 4 is 5.69 Å². The monoisotopic (exact) mass is 214 g/mol. The van der Waals surface area contributed by atoms with Crippen LogP contribution in [0.5, 0.6) is 0 Å². The Morgan fingerprint density at radius 1 is 1.19 bits per heavy atom. The zero-order valence-electron chi connectivity index (χ0n) is 9.58. The summed E-state index contributed by atoms with van der Waals surface area (Å²) in [6, 6.07) is 8.56. The van der Waals surface area contributed by atoms with Crippen LogP contribution >= 0.6 is 0 Å². The second-order valence-corrected chi connectivity index (χ2v) is 4.24. The predicted octanol–water partition coefficient (Wildman–Crippen LogP) is 2.33. The van der Waals surface area contributed by atoms with E-state index in [0.29, 0.717) is 6.54 Å². The van der Waals surface area contributed by atoms with Gasteiger partial charge in [-0.25, -0.2) is 0 Å². The highest BCUT2D eigenvalue weighted by Gasteiger charge is 2.11. The molecule has 2 rings (SSSR count). The molecular weight excluding hydrogens is 196 g/mol. The molecule has 0 radical (unpaired) electrons. The Bertz CT molecular complexity index is 355. The van der Waals surface area contributed by atoms with Crippen molar-refractivity contribution in [3.63, 3.8) is 0 Å². The molecule has 1 aromatic carbocycles. The molecule has 1 heterocycles. The van der Waals surface area contributed by atoms with Crippen molar-refractivity contribution in [2.24, 2.45) is 0 Å². The fourth-order valence-electron chi connectivity index (χ4n) is 2.08. The first kappa shape index (κ1) is 11.0. The molecule has 0 aliphatic carbocycles.